The second-order valence-corrected chi connectivity index (χ2v) is 7.91. The minimum Gasteiger partial charge on any atom is -0.421 e. The molecule has 4 aromatic rings. The molecule has 0 fully saturated rings. The van der Waals surface area contributed by atoms with Gasteiger partial charge in [0.05, 0.1) is 6.04 Å². The van der Waals surface area contributed by atoms with E-state index in [1.54, 1.807) is 12.1 Å². The van der Waals surface area contributed by atoms with E-state index in [1.807, 2.05) is 48.7 Å². The summed E-state index contributed by atoms with van der Waals surface area (Å²) in [6, 6.07) is 17.5. The van der Waals surface area contributed by atoms with Crippen LogP contribution in [0.2, 0.25) is 0 Å². The van der Waals surface area contributed by atoms with E-state index in [0.29, 0.717) is 18.2 Å². The third-order valence-corrected chi connectivity index (χ3v) is 5.60. The zero-order valence-corrected chi connectivity index (χ0v) is 17.2. The number of nitrogens with one attached hydrogen (secondary N) is 1. The number of benzene rings is 2. The van der Waals surface area contributed by atoms with Crippen molar-refractivity contribution in [1.82, 2.24) is 15.5 Å². The van der Waals surface area contributed by atoms with E-state index in [1.165, 1.54) is 23.5 Å². The van der Waals surface area contributed by atoms with Gasteiger partial charge in [-0.2, -0.15) is 0 Å². The van der Waals surface area contributed by atoms with Crippen molar-refractivity contribution < 1.29 is 13.6 Å². The fourth-order valence-corrected chi connectivity index (χ4v) is 3.85. The Bertz CT molecular complexity index is 1110. The van der Waals surface area contributed by atoms with Gasteiger partial charge in [0.2, 0.25) is 17.7 Å². The summed E-state index contributed by atoms with van der Waals surface area (Å²) in [5, 5.41) is 13.1. The van der Waals surface area contributed by atoms with Gasteiger partial charge in [-0.15, -0.1) is 21.5 Å². The summed E-state index contributed by atoms with van der Waals surface area (Å²) in [6.45, 7) is 2.01. The topological polar surface area (TPSA) is 68.0 Å². The molecule has 7 heteroatoms. The second-order valence-electron chi connectivity index (χ2n) is 6.93. The van der Waals surface area contributed by atoms with Gasteiger partial charge < -0.3 is 9.73 Å². The highest BCUT2D eigenvalue weighted by Crippen LogP contribution is 2.26. The van der Waals surface area contributed by atoms with Crippen molar-refractivity contribution in [3.8, 4) is 11.5 Å². The lowest BCUT2D eigenvalue weighted by atomic mass is 10.0. The van der Waals surface area contributed by atoms with E-state index in [0.717, 1.165) is 21.6 Å². The van der Waals surface area contributed by atoms with Crippen LogP contribution in [0.5, 0.6) is 0 Å². The molecule has 2 heterocycles. The summed E-state index contributed by atoms with van der Waals surface area (Å²) in [5.41, 5.74) is 2.82. The first-order valence-electron chi connectivity index (χ1n) is 9.56. The van der Waals surface area contributed by atoms with Gasteiger partial charge in [-0.3, -0.25) is 4.79 Å². The fraction of sp³-hybridized carbons (Fsp3) is 0.174. The van der Waals surface area contributed by atoms with Crippen LogP contribution < -0.4 is 5.32 Å². The van der Waals surface area contributed by atoms with E-state index >= 15 is 0 Å². The second kappa shape index (κ2) is 9.00. The molecule has 4 rings (SSSR count). The van der Waals surface area contributed by atoms with Crippen molar-refractivity contribution in [2.75, 3.05) is 0 Å². The molecule has 152 valence electrons. The van der Waals surface area contributed by atoms with Gasteiger partial charge in [0.15, 0.2) is 0 Å². The average molecular weight is 421 g/mol. The van der Waals surface area contributed by atoms with Crippen molar-refractivity contribution in [2.24, 2.45) is 0 Å². The van der Waals surface area contributed by atoms with E-state index in [-0.39, 0.29) is 24.2 Å². The summed E-state index contributed by atoms with van der Waals surface area (Å²) in [4.78, 5) is 13.6. The Morgan fingerprint density at radius 1 is 1.10 bits per heavy atom. The quantitative estimate of drug-likeness (QED) is 0.452. The van der Waals surface area contributed by atoms with E-state index < -0.39 is 0 Å². The maximum Gasteiger partial charge on any atom is 0.247 e. The Hall–Kier alpha value is -3.32. The highest BCUT2D eigenvalue weighted by atomic mass is 32.1. The molecule has 0 aliphatic rings. The van der Waals surface area contributed by atoms with Crippen molar-refractivity contribution in [1.29, 1.82) is 0 Å². The predicted molar refractivity (Wildman–Crippen MR) is 113 cm³/mol. The molecule has 0 aliphatic heterocycles. The zero-order valence-electron chi connectivity index (χ0n) is 16.3. The maximum atomic E-state index is 13.3. The molecule has 0 bridgehead atoms. The Morgan fingerprint density at radius 2 is 1.87 bits per heavy atom. The lowest BCUT2D eigenvalue weighted by Gasteiger charge is -2.18. The molecule has 0 spiro atoms. The average Bonchev–Trinajstić information content (AvgIpc) is 3.44. The minimum absolute atomic E-state index is 0.146. The molecule has 0 saturated heterocycles. The summed E-state index contributed by atoms with van der Waals surface area (Å²) in [5.74, 6) is 0.395. The lowest BCUT2D eigenvalue weighted by molar-refractivity contribution is -0.121. The minimum atomic E-state index is -0.330. The van der Waals surface area contributed by atoms with Gasteiger partial charge >= 0.3 is 0 Å². The molecule has 0 radical (unpaired) electrons. The van der Waals surface area contributed by atoms with Crippen molar-refractivity contribution in [3.63, 3.8) is 0 Å². The Morgan fingerprint density at radius 3 is 2.57 bits per heavy atom. The monoisotopic (exact) mass is 421 g/mol. The molecule has 2 aromatic heterocycles. The van der Waals surface area contributed by atoms with E-state index in [9.17, 15) is 9.18 Å². The Balaban J connectivity index is 1.40. The Labute approximate surface area is 177 Å². The molecule has 1 unspecified atom stereocenters. The van der Waals surface area contributed by atoms with Crippen LogP contribution in [0.15, 0.2) is 70.5 Å². The van der Waals surface area contributed by atoms with Crippen LogP contribution in [-0.2, 0) is 11.2 Å². The van der Waals surface area contributed by atoms with Gasteiger partial charge in [0.25, 0.3) is 0 Å². The Kier molecular flexibility index (Phi) is 5.99. The van der Waals surface area contributed by atoms with Crippen LogP contribution in [0.4, 0.5) is 4.39 Å². The SMILES string of the molecule is Cc1ccc(-c2nnc(CCC(=O)NC(c3ccc(F)cc3)c3cccs3)o2)cc1. The van der Waals surface area contributed by atoms with Gasteiger partial charge in [0.1, 0.15) is 5.82 Å². The van der Waals surface area contributed by atoms with Gasteiger partial charge in [0, 0.05) is 23.3 Å². The first-order chi connectivity index (χ1) is 14.6. The van der Waals surface area contributed by atoms with E-state index in [2.05, 4.69) is 15.5 Å². The number of carbonyl (C=O) groups is 1. The lowest BCUT2D eigenvalue weighted by Crippen LogP contribution is -2.29. The first-order valence-corrected chi connectivity index (χ1v) is 10.4. The molecule has 1 atom stereocenters. The maximum absolute atomic E-state index is 13.3. The fourth-order valence-electron chi connectivity index (χ4n) is 3.05. The summed E-state index contributed by atoms with van der Waals surface area (Å²) in [6.07, 6.45) is 0.546. The number of aryl methyl sites for hydroxylation is 2. The molecule has 0 saturated carbocycles. The normalized spacial score (nSPS) is 11.9. The molecule has 2 aromatic carbocycles. The van der Waals surface area contributed by atoms with E-state index in [4.69, 9.17) is 4.42 Å². The number of thiophene rings is 1. The molecule has 5 nitrogen and oxygen atoms in total. The number of halogens is 1. The first kappa shape index (κ1) is 20.0. The van der Waals surface area contributed by atoms with Crippen molar-refractivity contribution >= 4 is 17.2 Å². The van der Waals surface area contributed by atoms with Crippen molar-refractivity contribution in [2.45, 2.75) is 25.8 Å². The van der Waals surface area contributed by atoms with Crippen LogP contribution in [0.25, 0.3) is 11.5 Å². The molecular weight excluding hydrogens is 401 g/mol. The molecule has 1 N–H and O–H groups in total. The van der Waals surface area contributed by atoms with Crippen LogP contribution in [-0.4, -0.2) is 16.1 Å². The molecule has 30 heavy (non-hydrogen) atoms. The van der Waals surface area contributed by atoms with Crippen molar-refractivity contribution in [3.05, 3.63) is 93.8 Å². The zero-order chi connectivity index (χ0) is 20.9. The van der Waals surface area contributed by atoms with Gasteiger partial charge in [-0.25, -0.2) is 4.39 Å². The van der Waals surface area contributed by atoms with Gasteiger partial charge in [-0.05, 0) is 48.2 Å². The number of hydrogen-bond acceptors (Lipinski definition) is 5. The third-order valence-electron chi connectivity index (χ3n) is 4.67. The van der Waals surface area contributed by atoms with Crippen LogP contribution >= 0.6 is 11.3 Å². The van der Waals surface area contributed by atoms with Gasteiger partial charge in [-0.1, -0.05) is 35.9 Å². The summed E-state index contributed by atoms with van der Waals surface area (Å²) in [7, 11) is 0. The van der Waals surface area contributed by atoms with Crippen LogP contribution in [0.3, 0.4) is 0 Å². The van der Waals surface area contributed by atoms with Crippen LogP contribution in [0, 0.1) is 12.7 Å². The highest BCUT2D eigenvalue weighted by Gasteiger charge is 2.19. The largest absolute Gasteiger partial charge is 0.421 e. The molecule has 1 amide bonds. The number of amides is 1. The van der Waals surface area contributed by atoms with Crippen LogP contribution in [0.1, 0.15) is 34.4 Å². The summed E-state index contributed by atoms with van der Waals surface area (Å²) >= 11 is 1.54. The number of hydrogen-bond donors (Lipinski definition) is 1. The number of carbonyl (C=O) groups excluding carboxylic acids is 1. The molecule has 0 aliphatic carbocycles. The number of rotatable bonds is 7. The number of aromatic nitrogens is 2. The standard InChI is InChI=1S/C23H20FN3O2S/c1-15-4-6-17(7-5-15)23-27-26-21(29-23)13-12-20(28)25-22(19-3-2-14-30-19)16-8-10-18(24)11-9-16/h2-11,14,22H,12-13H2,1H3,(H,25,28). The smallest absolute Gasteiger partial charge is 0.247 e. The summed E-state index contributed by atoms with van der Waals surface area (Å²) < 4.78 is 19.0. The third kappa shape index (κ3) is 4.80. The number of nitrogens with zero attached hydrogens (tertiary/aromatic N) is 2. The predicted octanol–water partition coefficient (Wildman–Crippen LogP) is 5.08. The highest BCUT2D eigenvalue weighted by molar-refractivity contribution is 7.10. The molecular formula is C23H20FN3O2S.